The zero-order valence-electron chi connectivity index (χ0n) is 12.6. The fraction of sp³-hybridized carbons (Fsp3) is 0.294. The van der Waals surface area contributed by atoms with Crippen molar-refractivity contribution in [2.24, 2.45) is 0 Å². The molecule has 118 valence electrons. The lowest BCUT2D eigenvalue weighted by Crippen LogP contribution is -2.15. The van der Waals surface area contributed by atoms with Crippen molar-refractivity contribution in [3.8, 4) is 11.3 Å². The van der Waals surface area contributed by atoms with E-state index in [2.05, 4.69) is 32.2 Å². The number of benzene rings is 1. The Labute approximate surface area is 142 Å². The molecule has 0 radical (unpaired) electrons. The van der Waals surface area contributed by atoms with E-state index in [1.165, 1.54) is 0 Å². The Balaban J connectivity index is 1.89. The minimum Gasteiger partial charge on any atom is -0.382 e. The van der Waals surface area contributed by atoms with Crippen molar-refractivity contribution in [2.75, 3.05) is 18.9 Å². The highest BCUT2D eigenvalue weighted by Gasteiger charge is 2.21. The number of pyridine rings is 1. The minimum absolute atomic E-state index is 0.423. The first-order chi connectivity index (χ1) is 11.2. The van der Waals surface area contributed by atoms with E-state index in [4.69, 9.17) is 15.5 Å². The molecule has 0 saturated carbocycles. The molecule has 0 aliphatic carbocycles. The first-order valence-corrected chi connectivity index (χ1v) is 8.50. The van der Waals surface area contributed by atoms with Gasteiger partial charge in [0.25, 0.3) is 0 Å². The number of halogens is 1. The number of rotatable bonds is 2. The lowest BCUT2D eigenvalue weighted by atomic mass is 9.94. The van der Waals surface area contributed by atoms with Gasteiger partial charge in [-0.05, 0) is 31.0 Å². The lowest BCUT2D eigenvalue weighted by Gasteiger charge is -2.22. The van der Waals surface area contributed by atoms with E-state index < -0.39 is 0 Å². The van der Waals surface area contributed by atoms with Crippen LogP contribution in [0.25, 0.3) is 22.2 Å². The van der Waals surface area contributed by atoms with Crippen LogP contribution in [0.5, 0.6) is 0 Å². The van der Waals surface area contributed by atoms with E-state index in [0.29, 0.717) is 11.7 Å². The molecule has 0 atom stereocenters. The van der Waals surface area contributed by atoms with Crippen LogP contribution in [0.2, 0.25) is 0 Å². The third-order valence-corrected chi connectivity index (χ3v) is 4.88. The van der Waals surface area contributed by atoms with Crippen LogP contribution in [0.15, 0.2) is 34.8 Å². The molecule has 1 aromatic carbocycles. The van der Waals surface area contributed by atoms with Crippen LogP contribution < -0.4 is 5.73 Å². The Kier molecular flexibility index (Phi) is 3.79. The molecule has 3 heterocycles. The van der Waals surface area contributed by atoms with Crippen molar-refractivity contribution in [2.45, 2.75) is 18.8 Å². The molecule has 23 heavy (non-hydrogen) atoms. The summed E-state index contributed by atoms with van der Waals surface area (Å²) in [5.41, 5.74) is 10.0. The molecule has 3 N–H and O–H groups in total. The molecule has 0 amide bonds. The Bertz CT molecular complexity index is 838. The van der Waals surface area contributed by atoms with Gasteiger partial charge in [-0.15, -0.1) is 0 Å². The quantitative estimate of drug-likeness (QED) is 0.715. The van der Waals surface area contributed by atoms with Crippen molar-refractivity contribution in [3.05, 3.63) is 40.5 Å². The van der Waals surface area contributed by atoms with Gasteiger partial charge < -0.3 is 10.5 Å². The topological polar surface area (TPSA) is 76.8 Å². The van der Waals surface area contributed by atoms with E-state index in [1.54, 1.807) is 0 Å². The summed E-state index contributed by atoms with van der Waals surface area (Å²) in [6.45, 7) is 1.59. The van der Waals surface area contributed by atoms with Gasteiger partial charge in [-0.1, -0.05) is 28.1 Å². The summed E-state index contributed by atoms with van der Waals surface area (Å²) in [5.74, 6) is 0.913. The van der Waals surface area contributed by atoms with Gasteiger partial charge >= 0.3 is 0 Å². The molecular formula is C17H17BrN4O. The summed E-state index contributed by atoms with van der Waals surface area (Å²) < 4.78 is 6.51. The maximum absolute atomic E-state index is 6.06. The van der Waals surface area contributed by atoms with Crippen molar-refractivity contribution in [1.82, 2.24) is 15.2 Å². The highest BCUT2D eigenvalue weighted by atomic mass is 79.9. The second-order valence-corrected chi connectivity index (χ2v) is 6.74. The van der Waals surface area contributed by atoms with Gasteiger partial charge in [0, 0.05) is 34.9 Å². The number of fused-ring (bicyclic) bond motifs is 1. The summed E-state index contributed by atoms with van der Waals surface area (Å²) in [4.78, 5) is 4.95. The zero-order valence-corrected chi connectivity index (χ0v) is 14.1. The monoisotopic (exact) mass is 372 g/mol. The number of anilines is 1. The van der Waals surface area contributed by atoms with Gasteiger partial charge in [-0.2, -0.15) is 5.10 Å². The maximum atomic E-state index is 6.06. The van der Waals surface area contributed by atoms with Gasteiger partial charge in [-0.3, -0.25) is 10.1 Å². The Morgan fingerprint density at radius 3 is 2.65 bits per heavy atom. The van der Waals surface area contributed by atoms with E-state index in [0.717, 1.165) is 58.4 Å². The number of hydrogen-bond donors (Lipinski definition) is 2. The Morgan fingerprint density at radius 1 is 1.17 bits per heavy atom. The molecule has 4 rings (SSSR count). The molecule has 0 unspecified atom stereocenters. The smallest absolute Gasteiger partial charge is 0.155 e. The van der Waals surface area contributed by atoms with Gasteiger partial charge in [0.15, 0.2) is 5.82 Å². The highest BCUT2D eigenvalue weighted by molar-refractivity contribution is 9.10. The SMILES string of the molecule is Nc1n[nH]c2cc(C3CCOCC3)nc(-c3ccc(Br)cc3)c12. The second-order valence-electron chi connectivity index (χ2n) is 5.82. The molecule has 6 heteroatoms. The van der Waals surface area contributed by atoms with Crippen molar-refractivity contribution < 1.29 is 4.74 Å². The first-order valence-electron chi connectivity index (χ1n) is 7.70. The number of ether oxygens (including phenoxy) is 1. The zero-order chi connectivity index (χ0) is 15.8. The van der Waals surface area contributed by atoms with Crippen LogP contribution in [-0.2, 0) is 4.74 Å². The van der Waals surface area contributed by atoms with Crippen LogP contribution in [0.3, 0.4) is 0 Å². The summed E-state index contributed by atoms with van der Waals surface area (Å²) in [5, 5.41) is 8.09. The van der Waals surface area contributed by atoms with Crippen molar-refractivity contribution >= 4 is 32.7 Å². The molecule has 0 bridgehead atoms. The van der Waals surface area contributed by atoms with E-state index in [1.807, 2.05) is 24.3 Å². The number of nitrogens with one attached hydrogen (secondary N) is 1. The predicted octanol–water partition coefficient (Wildman–Crippen LogP) is 3.86. The molecule has 1 aliphatic heterocycles. The molecule has 5 nitrogen and oxygen atoms in total. The Morgan fingerprint density at radius 2 is 1.91 bits per heavy atom. The molecule has 1 saturated heterocycles. The summed E-state index contributed by atoms with van der Waals surface area (Å²) in [6.07, 6.45) is 2.00. The molecule has 2 aromatic heterocycles. The van der Waals surface area contributed by atoms with Crippen LogP contribution >= 0.6 is 15.9 Å². The molecule has 3 aromatic rings. The Hall–Kier alpha value is -1.92. The van der Waals surface area contributed by atoms with E-state index in [9.17, 15) is 0 Å². The maximum Gasteiger partial charge on any atom is 0.155 e. The van der Waals surface area contributed by atoms with Crippen LogP contribution in [0.1, 0.15) is 24.5 Å². The number of nitrogen functional groups attached to an aromatic ring is 1. The minimum atomic E-state index is 0.423. The number of nitrogens with two attached hydrogens (primary N) is 1. The normalized spacial score (nSPS) is 16.0. The number of H-pyrrole nitrogens is 1. The first kappa shape index (κ1) is 14.7. The third kappa shape index (κ3) is 2.72. The molecule has 1 fully saturated rings. The van der Waals surface area contributed by atoms with Gasteiger partial charge in [-0.25, -0.2) is 0 Å². The molecular weight excluding hydrogens is 356 g/mol. The van der Waals surface area contributed by atoms with Crippen LogP contribution in [-0.4, -0.2) is 28.4 Å². The van der Waals surface area contributed by atoms with Crippen molar-refractivity contribution in [1.29, 1.82) is 0 Å². The molecule has 1 aliphatic rings. The second kappa shape index (κ2) is 5.94. The fourth-order valence-electron chi connectivity index (χ4n) is 3.11. The van der Waals surface area contributed by atoms with E-state index >= 15 is 0 Å². The standard InChI is InChI=1S/C17H17BrN4O/c18-12-3-1-11(2-4-12)16-15-14(21-22-17(15)19)9-13(20-16)10-5-7-23-8-6-10/h1-4,9-10H,5-8H2,(H3,19,21,22). The number of nitrogens with zero attached hydrogens (tertiary/aromatic N) is 2. The van der Waals surface area contributed by atoms with Crippen LogP contribution in [0, 0.1) is 0 Å². The average molecular weight is 373 g/mol. The predicted molar refractivity (Wildman–Crippen MR) is 94.2 cm³/mol. The van der Waals surface area contributed by atoms with Gasteiger partial charge in [0.05, 0.1) is 16.6 Å². The van der Waals surface area contributed by atoms with Gasteiger partial charge in [0.2, 0.25) is 0 Å². The third-order valence-electron chi connectivity index (χ3n) is 4.35. The lowest BCUT2D eigenvalue weighted by molar-refractivity contribution is 0.0845. The fourth-order valence-corrected chi connectivity index (χ4v) is 3.37. The average Bonchev–Trinajstić information content (AvgIpc) is 2.97. The highest BCUT2D eigenvalue weighted by Crippen LogP contribution is 2.34. The van der Waals surface area contributed by atoms with Crippen molar-refractivity contribution in [3.63, 3.8) is 0 Å². The van der Waals surface area contributed by atoms with Gasteiger partial charge in [0.1, 0.15) is 0 Å². The number of aromatic amines is 1. The van der Waals surface area contributed by atoms with E-state index in [-0.39, 0.29) is 0 Å². The number of aromatic nitrogens is 3. The summed E-state index contributed by atoms with van der Waals surface area (Å²) in [7, 11) is 0. The van der Waals surface area contributed by atoms with Crippen LogP contribution in [0.4, 0.5) is 5.82 Å². The molecule has 0 spiro atoms. The number of hydrogen-bond acceptors (Lipinski definition) is 4. The summed E-state index contributed by atoms with van der Waals surface area (Å²) >= 11 is 3.47. The largest absolute Gasteiger partial charge is 0.382 e. The summed E-state index contributed by atoms with van der Waals surface area (Å²) in [6, 6.07) is 10.2.